The Hall–Kier alpha value is -2.98. The summed E-state index contributed by atoms with van der Waals surface area (Å²) in [4.78, 5) is 51.4. The number of hydrogen-bond acceptors (Lipinski definition) is 10. The van der Waals surface area contributed by atoms with Crippen LogP contribution in [0, 0.1) is 11.8 Å². The fourth-order valence-corrected chi connectivity index (χ4v) is 7.85. The fraction of sp³-hybridized carbons (Fsp3) is 0.792. The first-order chi connectivity index (χ1) is 27.9. The van der Waals surface area contributed by atoms with Gasteiger partial charge in [0, 0.05) is 24.0 Å². The fourth-order valence-electron chi connectivity index (χ4n) is 7.85. The average Bonchev–Trinajstić information content (AvgIpc) is 3.74. The number of cyclic esters (lactones) is 2. The Bertz CT molecular complexity index is 1240. The third-order valence-electron chi connectivity index (χ3n) is 11.8. The highest BCUT2D eigenvalue weighted by atomic mass is 16.6. The summed E-state index contributed by atoms with van der Waals surface area (Å²) in [5, 5.41) is 20.2. The minimum Gasteiger partial charge on any atom is -0.461 e. The van der Waals surface area contributed by atoms with Crippen LogP contribution in [0.3, 0.4) is 0 Å². The van der Waals surface area contributed by atoms with Gasteiger partial charge in [-0.15, -0.1) is 0 Å². The summed E-state index contributed by atoms with van der Waals surface area (Å²) in [6.07, 6.45) is 27.2. The van der Waals surface area contributed by atoms with E-state index in [9.17, 15) is 29.4 Å². The Labute approximate surface area is 350 Å². The second-order valence-corrected chi connectivity index (χ2v) is 17.5. The summed E-state index contributed by atoms with van der Waals surface area (Å²) in [5.74, 6) is -1.89. The first-order valence-corrected chi connectivity index (χ1v) is 22.9. The number of unbranched alkanes of at least 4 members (excludes halogenated alkanes) is 14. The number of aliphatic hydroxyl groups excluding tert-OH is 2. The minimum atomic E-state index is -1.21. The van der Waals surface area contributed by atoms with Crippen LogP contribution >= 0.6 is 0 Å². The third-order valence-corrected chi connectivity index (χ3v) is 11.8. The van der Waals surface area contributed by atoms with Gasteiger partial charge in [-0.1, -0.05) is 127 Å². The minimum absolute atomic E-state index is 0.138. The smallest absolute Gasteiger partial charge is 0.334 e. The van der Waals surface area contributed by atoms with Gasteiger partial charge < -0.3 is 29.2 Å². The lowest BCUT2D eigenvalue weighted by atomic mass is 9.93. The van der Waals surface area contributed by atoms with Gasteiger partial charge in [0.1, 0.15) is 13.2 Å². The molecule has 0 aliphatic carbocycles. The van der Waals surface area contributed by atoms with Crippen LogP contribution in [0.1, 0.15) is 196 Å². The Morgan fingerprint density at radius 2 is 0.897 bits per heavy atom. The molecular weight excluding hydrogens is 737 g/mol. The SMILES string of the molecule is CCCCCCCCC(CCCC/C=C/CCCCC(CCCCCCCC)C(=O)OCC1(CO)CC(=C(C)C)C(=O)O1)C(=O)OCC1(CO)CC(=C(C)C)C(=O)O1. The van der Waals surface area contributed by atoms with Crippen molar-refractivity contribution in [2.24, 2.45) is 11.8 Å². The van der Waals surface area contributed by atoms with Gasteiger partial charge >= 0.3 is 23.9 Å². The Balaban J connectivity index is 1.82. The summed E-state index contributed by atoms with van der Waals surface area (Å²) >= 11 is 0. The van der Waals surface area contributed by atoms with Crippen LogP contribution < -0.4 is 0 Å². The molecule has 2 aliphatic rings. The zero-order chi connectivity index (χ0) is 42.8. The molecule has 2 rings (SSSR count). The highest BCUT2D eigenvalue weighted by Gasteiger charge is 2.46. The van der Waals surface area contributed by atoms with Crippen LogP contribution in [-0.4, -0.2) is 71.7 Å². The number of allylic oxidation sites excluding steroid dienone is 4. The van der Waals surface area contributed by atoms with Crippen molar-refractivity contribution in [1.82, 2.24) is 0 Å². The van der Waals surface area contributed by atoms with Crippen LogP contribution in [0.5, 0.6) is 0 Å². The van der Waals surface area contributed by atoms with E-state index >= 15 is 0 Å². The molecule has 2 N–H and O–H groups in total. The lowest BCUT2D eigenvalue weighted by molar-refractivity contribution is -0.169. The predicted octanol–water partition coefficient (Wildman–Crippen LogP) is 10.5. The lowest BCUT2D eigenvalue weighted by Crippen LogP contribution is -2.40. The number of carbonyl (C=O) groups is 4. The molecule has 10 nitrogen and oxygen atoms in total. The third kappa shape index (κ3) is 18.5. The molecule has 0 bridgehead atoms. The molecule has 2 saturated heterocycles. The molecule has 0 spiro atoms. The highest BCUT2D eigenvalue weighted by molar-refractivity contribution is 5.92. The molecule has 4 unspecified atom stereocenters. The summed E-state index contributed by atoms with van der Waals surface area (Å²) in [5.41, 5.74) is 0.345. The molecule has 0 aromatic heterocycles. The van der Waals surface area contributed by atoms with E-state index in [0.29, 0.717) is 11.1 Å². The second-order valence-electron chi connectivity index (χ2n) is 17.5. The molecule has 2 aliphatic heterocycles. The number of hydrogen-bond donors (Lipinski definition) is 2. The molecule has 2 fully saturated rings. The van der Waals surface area contributed by atoms with Crippen LogP contribution in [0.2, 0.25) is 0 Å². The Morgan fingerprint density at radius 3 is 1.21 bits per heavy atom. The van der Waals surface area contributed by atoms with Crippen LogP contribution in [0.4, 0.5) is 0 Å². The molecule has 10 heteroatoms. The van der Waals surface area contributed by atoms with Gasteiger partial charge in [-0.05, 0) is 79.1 Å². The monoisotopic (exact) mass is 817 g/mol. The molecule has 332 valence electrons. The maximum atomic E-state index is 13.3. The van der Waals surface area contributed by atoms with Crippen LogP contribution in [0.25, 0.3) is 0 Å². The summed E-state index contributed by atoms with van der Waals surface area (Å²) in [6.45, 7) is 10.7. The number of ether oxygens (including phenoxy) is 4. The zero-order valence-electron chi connectivity index (χ0n) is 37.3. The van der Waals surface area contributed by atoms with Gasteiger partial charge in [0.2, 0.25) is 0 Å². The van der Waals surface area contributed by atoms with Crippen LogP contribution in [-0.2, 0) is 38.1 Å². The van der Waals surface area contributed by atoms with Crippen LogP contribution in [0.15, 0.2) is 34.4 Å². The number of carbonyl (C=O) groups excluding carboxylic acids is 4. The topological polar surface area (TPSA) is 146 Å². The largest absolute Gasteiger partial charge is 0.461 e. The predicted molar refractivity (Wildman–Crippen MR) is 229 cm³/mol. The van der Waals surface area contributed by atoms with Gasteiger partial charge in [-0.2, -0.15) is 0 Å². The molecule has 0 aromatic rings. The molecule has 0 amide bonds. The van der Waals surface area contributed by atoms with Gasteiger partial charge in [0.15, 0.2) is 11.2 Å². The van der Waals surface area contributed by atoms with Crippen molar-refractivity contribution < 1.29 is 48.3 Å². The molecule has 58 heavy (non-hydrogen) atoms. The van der Waals surface area contributed by atoms with E-state index in [1.165, 1.54) is 51.4 Å². The van der Waals surface area contributed by atoms with E-state index in [1.807, 2.05) is 27.7 Å². The maximum Gasteiger partial charge on any atom is 0.334 e. The van der Waals surface area contributed by atoms with E-state index in [2.05, 4.69) is 26.0 Å². The molecule has 0 radical (unpaired) electrons. The molecule has 4 atom stereocenters. The first-order valence-electron chi connectivity index (χ1n) is 22.9. The lowest BCUT2D eigenvalue weighted by Gasteiger charge is -2.25. The van der Waals surface area contributed by atoms with E-state index in [1.54, 1.807) is 0 Å². The first kappa shape index (κ1) is 51.2. The molecule has 0 saturated carbocycles. The van der Waals surface area contributed by atoms with Crippen molar-refractivity contribution >= 4 is 23.9 Å². The van der Waals surface area contributed by atoms with Crippen molar-refractivity contribution in [1.29, 1.82) is 0 Å². The number of rotatable bonds is 32. The van der Waals surface area contributed by atoms with E-state index < -0.39 is 36.4 Å². The van der Waals surface area contributed by atoms with E-state index in [-0.39, 0.29) is 49.8 Å². The molecule has 2 heterocycles. The standard InChI is InChI=1S/C48H80O10/c1-7-9-11-13-19-23-27-39(43(51)55-35-47(33-49)31-41(37(3)4)45(53)57-47)29-25-21-17-15-16-18-22-26-30-40(28-24-20-14-12-10-8-2)44(52)56-36-48(34-50)32-42(38(5)6)46(54)58-48/h15-16,39-40,49-50H,7-14,17-36H2,1-6H3/b16-15+. The highest BCUT2D eigenvalue weighted by Crippen LogP contribution is 2.35. The van der Waals surface area contributed by atoms with Gasteiger partial charge in [0.05, 0.1) is 25.0 Å². The second kappa shape index (κ2) is 28.5. The Kier molecular flexibility index (Phi) is 25.1. The van der Waals surface area contributed by atoms with E-state index in [0.717, 1.165) is 101 Å². The molecular formula is C48H80O10. The normalized spacial score (nSPS) is 20.3. The number of aliphatic hydroxyl groups is 2. The van der Waals surface area contributed by atoms with Gasteiger partial charge in [-0.25, -0.2) is 9.59 Å². The van der Waals surface area contributed by atoms with Crippen molar-refractivity contribution in [3.63, 3.8) is 0 Å². The van der Waals surface area contributed by atoms with Crippen molar-refractivity contribution in [2.75, 3.05) is 26.4 Å². The summed E-state index contributed by atoms with van der Waals surface area (Å²) < 4.78 is 22.5. The molecule has 0 aromatic carbocycles. The number of esters is 4. The van der Waals surface area contributed by atoms with Gasteiger partial charge in [-0.3, -0.25) is 9.59 Å². The van der Waals surface area contributed by atoms with Crippen molar-refractivity contribution in [2.45, 2.75) is 207 Å². The quantitative estimate of drug-likeness (QED) is 0.0221. The zero-order valence-corrected chi connectivity index (χ0v) is 37.3. The van der Waals surface area contributed by atoms with Gasteiger partial charge in [0.25, 0.3) is 0 Å². The van der Waals surface area contributed by atoms with E-state index in [4.69, 9.17) is 18.9 Å². The summed E-state index contributed by atoms with van der Waals surface area (Å²) in [6, 6.07) is 0. The van der Waals surface area contributed by atoms with Crippen molar-refractivity contribution in [3.8, 4) is 0 Å². The Morgan fingerprint density at radius 1 is 0.569 bits per heavy atom. The summed E-state index contributed by atoms with van der Waals surface area (Å²) in [7, 11) is 0. The maximum absolute atomic E-state index is 13.3. The van der Waals surface area contributed by atoms with Crippen molar-refractivity contribution in [3.05, 3.63) is 34.4 Å². The average molecular weight is 817 g/mol.